The summed E-state index contributed by atoms with van der Waals surface area (Å²) in [7, 11) is 0. The van der Waals surface area contributed by atoms with Crippen LogP contribution in [0.4, 0.5) is 10.5 Å². The van der Waals surface area contributed by atoms with Gasteiger partial charge in [0.2, 0.25) is 0 Å². The quantitative estimate of drug-likeness (QED) is 0.724. The predicted octanol–water partition coefficient (Wildman–Crippen LogP) is 1.67. The molecule has 1 aromatic carbocycles. The van der Waals surface area contributed by atoms with Crippen molar-refractivity contribution in [1.29, 1.82) is 5.26 Å². The highest BCUT2D eigenvalue weighted by molar-refractivity contribution is 5.93. The highest BCUT2D eigenvalue weighted by Crippen LogP contribution is 2.26. The molecule has 0 aliphatic carbocycles. The second-order valence-electron chi connectivity index (χ2n) is 3.70. The number of rotatable bonds is 1. The number of aryl methyl sites for hydroxylation is 1. The van der Waals surface area contributed by atoms with Gasteiger partial charge in [0.1, 0.15) is 6.54 Å². The third kappa shape index (κ3) is 1.98. The molecule has 0 fully saturated rings. The second kappa shape index (κ2) is 4.67. The number of benzene rings is 1. The van der Waals surface area contributed by atoms with Gasteiger partial charge < -0.3 is 5.32 Å². The summed E-state index contributed by atoms with van der Waals surface area (Å²) in [4.78, 5) is 13.5. The van der Waals surface area contributed by atoms with Crippen LogP contribution in [0.3, 0.4) is 0 Å². The lowest BCUT2D eigenvalue weighted by atomic mass is 10.0. The first kappa shape index (κ1) is 10.5. The molecule has 82 valence electrons. The van der Waals surface area contributed by atoms with Gasteiger partial charge in [0.05, 0.1) is 6.07 Å². The van der Waals surface area contributed by atoms with Crippen LogP contribution in [0, 0.1) is 11.3 Å². The number of nitriles is 1. The molecule has 0 aromatic heterocycles. The maximum atomic E-state index is 11.8. The zero-order valence-corrected chi connectivity index (χ0v) is 8.94. The van der Waals surface area contributed by atoms with E-state index in [2.05, 4.69) is 5.32 Å². The summed E-state index contributed by atoms with van der Waals surface area (Å²) in [5.41, 5.74) is 2.16. The fourth-order valence-electron chi connectivity index (χ4n) is 1.96. The van der Waals surface area contributed by atoms with Crippen LogP contribution in [0.5, 0.6) is 0 Å². The van der Waals surface area contributed by atoms with Gasteiger partial charge in [0, 0.05) is 12.2 Å². The summed E-state index contributed by atoms with van der Waals surface area (Å²) >= 11 is 0. The van der Waals surface area contributed by atoms with Crippen LogP contribution in [0.25, 0.3) is 0 Å². The molecule has 0 atom stereocenters. The van der Waals surface area contributed by atoms with E-state index in [1.807, 2.05) is 30.3 Å². The van der Waals surface area contributed by atoms with Crippen molar-refractivity contribution in [2.24, 2.45) is 0 Å². The SMILES string of the molecule is N#CCNC(=O)N1CCCc2ccccc21. The topological polar surface area (TPSA) is 56.1 Å². The minimum atomic E-state index is -0.186. The van der Waals surface area contributed by atoms with E-state index >= 15 is 0 Å². The highest BCUT2D eigenvalue weighted by atomic mass is 16.2. The molecule has 2 rings (SSSR count). The predicted molar refractivity (Wildman–Crippen MR) is 61.1 cm³/mol. The maximum Gasteiger partial charge on any atom is 0.322 e. The largest absolute Gasteiger partial charge is 0.325 e. The number of carbonyl (C=O) groups is 1. The van der Waals surface area contributed by atoms with Crippen molar-refractivity contribution in [2.75, 3.05) is 18.0 Å². The zero-order chi connectivity index (χ0) is 11.4. The summed E-state index contributed by atoms with van der Waals surface area (Å²) in [5.74, 6) is 0. The van der Waals surface area contributed by atoms with Gasteiger partial charge in [0.15, 0.2) is 0 Å². The Balaban J connectivity index is 2.19. The van der Waals surface area contributed by atoms with Gasteiger partial charge in [-0.1, -0.05) is 18.2 Å². The molecule has 0 unspecified atom stereocenters. The normalized spacial score (nSPS) is 13.8. The van der Waals surface area contributed by atoms with E-state index in [1.165, 1.54) is 5.56 Å². The third-order valence-electron chi connectivity index (χ3n) is 2.67. The summed E-state index contributed by atoms with van der Waals surface area (Å²) in [6.45, 7) is 0.770. The number of nitrogens with zero attached hydrogens (tertiary/aromatic N) is 2. The molecule has 1 heterocycles. The third-order valence-corrected chi connectivity index (χ3v) is 2.67. The lowest BCUT2D eigenvalue weighted by molar-refractivity contribution is 0.247. The maximum absolute atomic E-state index is 11.8. The number of hydrogen-bond acceptors (Lipinski definition) is 2. The first-order valence-corrected chi connectivity index (χ1v) is 5.33. The average Bonchev–Trinajstić information content (AvgIpc) is 2.35. The number of nitrogens with one attached hydrogen (secondary N) is 1. The molecule has 4 nitrogen and oxygen atoms in total. The van der Waals surface area contributed by atoms with Crippen molar-refractivity contribution in [3.05, 3.63) is 29.8 Å². The number of amides is 2. The van der Waals surface area contributed by atoms with Gasteiger partial charge in [-0.3, -0.25) is 4.90 Å². The summed E-state index contributed by atoms with van der Waals surface area (Å²) in [6, 6.07) is 9.61. The van der Waals surface area contributed by atoms with E-state index in [4.69, 9.17) is 5.26 Å². The molecule has 1 aliphatic rings. The minimum Gasteiger partial charge on any atom is -0.325 e. The van der Waals surface area contributed by atoms with Gasteiger partial charge in [-0.2, -0.15) is 5.26 Å². The molecule has 1 N–H and O–H groups in total. The first-order valence-electron chi connectivity index (χ1n) is 5.33. The molecule has 4 heteroatoms. The van der Waals surface area contributed by atoms with Crippen LogP contribution in [0.2, 0.25) is 0 Å². The Morgan fingerprint density at radius 2 is 2.31 bits per heavy atom. The monoisotopic (exact) mass is 215 g/mol. The Bertz CT molecular complexity index is 436. The molecule has 0 radical (unpaired) electrons. The second-order valence-corrected chi connectivity index (χ2v) is 3.70. The highest BCUT2D eigenvalue weighted by Gasteiger charge is 2.21. The summed E-state index contributed by atoms with van der Waals surface area (Å²) in [6.07, 6.45) is 1.98. The van der Waals surface area contributed by atoms with Gasteiger partial charge in [-0.15, -0.1) is 0 Å². The van der Waals surface area contributed by atoms with E-state index in [-0.39, 0.29) is 12.6 Å². The van der Waals surface area contributed by atoms with E-state index in [9.17, 15) is 4.79 Å². The van der Waals surface area contributed by atoms with Crippen molar-refractivity contribution in [3.8, 4) is 6.07 Å². The number of carbonyl (C=O) groups excluding carboxylic acids is 1. The fraction of sp³-hybridized carbons (Fsp3) is 0.333. The van der Waals surface area contributed by atoms with Gasteiger partial charge in [0.25, 0.3) is 0 Å². The Kier molecular flexibility index (Phi) is 3.06. The van der Waals surface area contributed by atoms with Crippen LogP contribution in [-0.4, -0.2) is 19.1 Å². The first-order chi connectivity index (χ1) is 7.83. The zero-order valence-electron chi connectivity index (χ0n) is 8.94. The molecule has 0 saturated heterocycles. The summed E-state index contributed by atoms with van der Waals surface area (Å²) < 4.78 is 0. The Hall–Kier alpha value is -2.02. The van der Waals surface area contributed by atoms with Crippen LogP contribution in [0.15, 0.2) is 24.3 Å². The number of anilines is 1. The van der Waals surface area contributed by atoms with E-state index in [1.54, 1.807) is 4.90 Å². The molecule has 0 bridgehead atoms. The van der Waals surface area contributed by atoms with E-state index in [0.717, 1.165) is 18.5 Å². The van der Waals surface area contributed by atoms with Crippen LogP contribution >= 0.6 is 0 Å². The number of urea groups is 1. The smallest absolute Gasteiger partial charge is 0.322 e. The Labute approximate surface area is 94.5 Å². The van der Waals surface area contributed by atoms with Gasteiger partial charge >= 0.3 is 6.03 Å². The molecule has 16 heavy (non-hydrogen) atoms. The minimum absolute atomic E-state index is 0.0531. The van der Waals surface area contributed by atoms with E-state index in [0.29, 0.717) is 6.54 Å². The molecule has 1 aliphatic heterocycles. The molecule has 0 spiro atoms. The van der Waals surface area contributed by atoms with E-state index < -0.39 is 0 Å². The molecule has 2 amide bonds. The fourth-order valence-corrected chi connectivity index (χ4v) is 1.96. The van der Waals surface area contributed by atoms with Crippen molar-refractivity contribution in [2.45, 2.75) is 12.8 Å². The summed E-state index contributed by atoms with van der Waals surface area (Å²) in [5, 5.41) is 11.0. The average molecular weight is 215 g/mol. The molecular formula is C12H13N3O. The Morgan fingerprint density at radius 1 is 1.50 bits per heavy atom. The lowest BCUT2D eigenvalue weighted by Gasteiger charge is -2.29. The number of para-hydroxylation sites is 1. The number of hydrogen-bond donors (Lipinski definition) is 1. The molecular weight excluding hydrogens is 202 g/mol. The van der Waals surface area contributed by atoms with Crippen LogP contribution < -0.4 is 10.2 Å². The number of fused-ring (bicyclic) bond motifs is 1. The molecule has 0 saturated carbocycles. The van der Waals surface area contributed by atoms with Crippen LogP contribution in [0.1, 0.15) is 12.0 Å². The van der Waals surface area contributed by atoms with Crippen molar-refractivity contribution >= 4 is 11.7 Å². The van der Waals surface area contributed by atoms with Crippen molar-refractivity contribution in [3.63, 3.8) is 0 Å². The van der Waals surface area contributed by atoms with Gasteiger partial charge in [-0.05, 0) is 24.5 Å². The van der Waals surface area contributed by atoms with Crippen molar-refractivity contribution < 1.29 is 4.79 Å². The standard InChI is InChI=1S/C12H13N3O/c13-7-8-14-12(16)15-9-3-5-10-4-1-2-6-11(10)15/h1-2,4,6H,3,5,8-9H2,(H,14,16). The van der Waals surface area contributed by atoms with Crippen LogP contribution in [-0.2, 0) is 6.42 Å². The van der Waals surface area contributed by atoms with Gasteiger partial charge in [-0.25, -0.2) is 4.79 Å². The van der Waals surface area contributed by atoms with Crippen molar-refractivity contribution in [1.82, 2.24) is 5.32 Å². The molecule has 1 aromatic rings. The Morgan fingerprint density at radius 3 is 3.12 bits per heavy atom. The lowest BCUT2D eigenvalue weighted by Crippen LogP contribution is -2.42.